The summed E-state index contributed by atoms with van der Waals surface area (Å²) in [7, 11) is 1.66. The van der Waals surface area contributed by atoms with E-state index in [0.717, 1.165) is 55.6 Å². The van der Waals surface area contributed by atoms with Gasteiger partial charge < -0.3 is 15.2 Å². The van der Waals surface area contributed by atoms with Crippen molar-refractivity contribution in [3.63, 3.8) is 0 Å². The summed E-state index contributed by atoms with van der Waals surface area (Å²) in [6, 6.07) is 18.3. The molecule has 1 heterocycles. The highest BCUT2D eigenvalue weighted by molar-refractivity contribution is 6.05. The monoisotopic (exact) mass is 358 g/mol. The zero-order valence-corrected chi connectivity index (χ0v) is 15.7. The lowest BCUT2D eigenvalue weighted by Gasteiger charge is -2.20. The van der Waals surface area contributed by atoms with Crippen molar-refractivity contribution in [3.05, 3.63) is 71.3 Å². The van der Waals surface area contributed by atoms with E-state index in [1.165, 1.54) is 0 Å². The SMILES string of the molecule is COc1c(C)c(CO)c2nc3cc(C)ccc3cc2c1Nc1ccccc1. The number of anilines is 2. The van der Waals surface area contributed by atoms with Crippen LogP contribution in [0.4, 0.5) is 11.4 Å². The first-order valence-electron chi connectivity index (χ1n) is 8.96. The lowest BCUT2D eigenvalue weighted by Crippen LogP contribution is -2.03. The highest BCUT2D eigenvalue weighted by Crippen LogP contribution is 2.41. The summed E-state index contributed by atoms with van der Waals surface area (Å²) in [4.78, 5) is 4.89. The van der Waals surface area contributed by atoms with Gasteiger partial charge in [-0.1, -0.05) is 30.3 Å². The van der Waals surface area contributed by atoms with Gasteiger partial charge in [-0.05, 0) is 43.7 Å². The molecule has 0 fully saturated rings. The summed E-state index contributed by atoms with van der Waals surface area (Å²) in [5.74, 6) is 0.726. The summed E-state index contributed by atoms with van der Waals surface area (Å²) in [5.41, 5.74) is 6.41. The van der Waals surface area contributed by atoms with Gasteiger partial charge in [-0.15, -0.1) is 0 Å². The molecule has 27 heavy (non-hydrogen) atoms. The summed E-state index contributed by atoms with van der Waals surface area (Å²) in [6.07, 6.45) is 0. The molecule has 0 spiro atoms. The average Bonchev–Trinajstić information content (AvgIpc) is 2.68. The predicted molar refractivity (Wildman–Crippen MR) is 111 cm³/mol. The molecule has 0 radical (unpaired) electrons. The van der Waals surface area contributed by atoms with Crippen LogP contribution in [0.25, 0.3) is 21.8 Å². The van der Waals surface area contributed by atoms with Gasteiger partial charge in [0.1, 0.15) is 5.75 Å². The molecule has 1 aromatic heterocycles. The molecule has 3 aromatic carbocycles. The molecule has 0 aliphatic carbocycles. The van der Waals surface area contributed by atoms with E-state index in [1.54, 1.807) is 7.11 Å². The maximum absolute atomic E-state index is 10.0. The van der Waals surface area contributed by atoms with Crippen molar-refractivity contribution in [2.45, 2.75) is 20.5 Å². The normalized spacial score (nSPS) is 11.1. The average molecular weight is 358 g/mol. The minimum Gasteiger partial charge on any atom is -0.494 e. The molecule has 4 heteroatoms. The standard InChI is InChI=1S/C23H22N2O2/c1-14-9-10-16-12-18-21(25-20(16)11-14)19(13-26)15(2)23(27-3)22(18)24-17-7-5-4-6-8-17/h4-12,24,26H,13H2,1-3H3. The Kier molecular flexibility index (Phi) is 4.42. The van der Waals surface area contributed by atoms with Crippen LogP contribution in [0.2, 0.25) is 0 Å². The second-order valence-corrected chi connectivity index (χ2v) is 6.74. The van der Waals surface area contributed by atoms with Crippen LogP contribution in [-0.2, 0) is 6.61 Å². The van der Waals surface area contributed by atoms with Crippen LogP contribution in [0, 0.1) is 13.8 Å². The van der Waals surface area contributed by atoms with E-state index in [0.29, 0.717) is 0 Å². The van der Waals surface area contributed by atoms with Crippen LogP contribution in [0.1, 0.15) is 16.7 Å². The first-order chi connectivity index (χ1) is 13.1. The Balaban J connectivity index is 2.08. The minimum atomic E-state index is -0.0887. The molecular formula is C23H22N2O2. The van der Waals surface area contributed by atoms with Crippen LogP contribution >= 0.6 is 0 Å². The van der Waals surface area contributed by atoms with Crippen molar-refractivity contribution in [1.82, 2.24) is 4.98 Å². The van der Waals surface area contributed by atoms with E-state index in [4.69, 9.17) is 9.72 Å². The number of rotatable bonds is 4. The zero-order valence-electron chi connectivity index (χ0n) is 15.7. The number of methoxy groups -OCH3 is 1. The number of nitrogens with zero attached hydrogens (tertiary/aromatic N) is 1. The molecule has 0 bridgehead atoms. The van der Waals surface area contributed by atoms with Gasteiger partial charge in [-0.3, -0.25) is 0 Å². The predicted octanol–water partition coefficient (Wildman–Crippen LogP) is 5.25. The molecule has 136 valence electrons. The molecule has 0 aliphatic heterocycles. The highest BCUT2D eigenvalue weighted by Gasteiger charge is 2.19. The van der Waals surface area contributed by atoms with Crippen LogP contribution in [0.5, 0.6) is 5.75 Å². The summed E-state index contributed by atoms with van der Waals surface area (Å²) in [6.45, 7) is 3.93. The first-order valence-corrected chi connectivity index (χ1v) is 8.96. The van der Waals surface area contributed by atoms with Gasteiger partial charge in [0.25, 0.3) is 0 Å². The number of aliphatic hydroxyl groups is 1. The van der Waals surface area contributed by atoms with Crippen molar-refractivity contribution >= 4 is 33.2 Å². The third-order valence-electron chi connectivity index (χ3n) is 4.95. The lowest BCUT2D eigenvalue weighted by molar-refractivity contribution is 0.281. The minimum absolute atomic E-state index is 0.0887. The van der Waals surface area contributed by atoms with E-state index >= 15 is 0 Å². The third kappa shape index (κ3) is 2.98. The highest BCUT2D eigenvalue weighted by atomic mass is 16.5. The number of aryl methyl sites for hydroxylation is 1. The Hall–Kier alpha value is -3.11. The number of hydrogen-bond acceptors (Lipinski definition) is 4. The van der Waals surface area contributed by atoms with E-state index in [-0.39, 0.29) is 6.61 Å². The van der Waals surface area contributed by atoms with Gasteiger partial charge in [0.2, 0.25) is 0 Å². The number of para-hydroxylation sites is 1. The van der Waals surface area contributed by atoms with Crippen molar-refractivity contribution < 1.29 is 9.84 Å². The van der Waals surface area contributed by atoms with E-state index in [1.807, 2.05) is 37.3 Å². The largest absolute Gasteiger partial charge is 0.494 e. The Labute approximate surface area is 158 Å². The zero-order chi connectivity index (χ0) is 19.0. The van der Waals surface area contributed by atoms with Crippen molar-refractivity contribution in [2.24, 2.45) is 0 Å². The Bertz CT molecular complexity index is 1140. The summed E-state index contributed by atoms with van der Waals surface area (Å²) < 4.78 is 5.73. The molecule has 4 aromatic rings. The number of benzene rings is 3. The Morgan fingerprint density at radius 1 is 1.04 bits per heavy atom. The molecular weight excluding hydrogens is 336 g/mol. The lowest BCUT2D eigenvalue weighted by atomic mass is 9.99. The van der Waals surface area contributed by atoms with Crippen molar-refractivity contribution in [3.8, 4) is 5.75 Å². The summed E-state index contributed by atoms with van der Waals surface area (Å²) in [5, 5.41) is 15.5. The van der Waals surface area contributed by atoms with Crippen molar-refractivity contribution in [1.29, 1.82) is 0 Å². The fourth-order valence-electron chi connectivity index (χ4n) is 3.56. The number of aromatic nitrogens is 1. The summed E-state index contributed by atoms with van der Waals surface area (Å²) >= 11 is 0. The fraction of sp³-hybridized carbons (Fsp3) is 0.174. The number of aliphatic hydroxyl groups excluding tert-OH is 1. The van der Waals surface area contributed by atoms with Crippen LogP contribution in [0.3, 0.4) is 0 Å². The van der Waals surface area contributed by atoms with E-state index in [2.05, 4.69) is 36.5 Å². The molecule has 0 aliphatic rings. The topological polar surface area (TPSA) is 54.4 Å². The number of nitrogens with one attached hydrogen (secondary N) is 1. The maximum atomic E-state index is 10.0. The van der Waals surface area contributed by atoms with Gasteiger partial charge in [0.05, 0.1) is 30.4 Å². The molecule has 0 atom stereocenters. The van der Waals surface area contributed by atoms with Crippen LogP contribution < -0.4 is 10.1 Å². The number of fused-ring (bicyclic) bond motifs is 2. The van der Waals surface area contributed by atoms with Crippen LogP contribution in [0.15, 0.2) is 54.6 Å². The van der Waals surface area contributed by atoms with E-state index in [9.17, 15) is 5.11 Å². The molecule has 2 N–H and O–H groups in total. The fourth-order valence-corrected chi connectivity index (χ4v) is 3.56. The second-order valence-electron chi connectivity index (χ2n) is 6.74. The van der Waals surface area contributed by atoms with Crippen molar-refractivity contribution in [2.75, 3.05) is 12.4 Å². The van der Waals surface area contributed by atoms with E-state index < -0.39 is 0 Å². The van der Waals surface area contributed by atoms with Gasteiger partial charge in [-0.25, -0.2) is 4.98 Å². The number of ether oxygens (including phenoxy) is 1. The first kappa shape index (κ1) is 17.3. The van der Waals surface area contributed by atoms with Gasteiger partial charge in [-0.2, -0.15) is 0 Å². The molecule has 4 nitrogen and oxygen atoms in total. The molecule has 0 unspecified atom stereocenters. The molecule has 0 saturated heterocycles. The maximum Gasteiger partial charge on any atom is 0.146 e. The number of hydrogen-bond donors (Lipinski definition) is 2. The molecule has 0 saturated carbocycles. The number of pyridine rings is 1. The molecule has 0 amide bonds. The smallest absolute Gasteiger partial charge is 0.146 e. The Morgan fingerprint density at radius 2 is 1.81 bits per heavy atom. The Morgan fingerprint density at radius 3 is 2.52 bits per heavy atom. The van der Waals surface area contributed by atoms with Gasteiger partial charge in [0.15, 0.2) is 0 Å². The second kappa shape index (κ2) is 6.89. The quantitative estimate of drug-likeness (QED) is 0.489. The van der Waals surface area contributed by atoms with Crippen LogP contribution in [-0.4, -0.2) is 17.2 Å². The molecule has 4 rings (SSSR count). The van der Waals surface area contributed by atoms with Gasteiger partial charge in [0, 0.05) is 27.6 Å². The van der Waals surface area contributed by atoms with Gasteiger partial charge >= 0.3 is 0 Å². The third-order valence-corrected chi connectivity index (χ3v) is 4.95.